The van der Waals surface area contributed by atoms with E-state index < -0.39 is 58.5 Å². The smallest absolute Gasteiger partial charge is 0.307 e. The van der Waals surface area contributed by atoms with Crippen molar-refractivity contribution in [2.24, 2.45) is 35.0 Å². The first-order valence-corrected chi connectivity index (χ1v) is 16.1. The second kappa shape index (κ2) is 11.2. The van der Waals surface area contributed by atoms with Crippen molar-refractivity contribution in [1.82, 2.24) is 14.9 Å². The number of amides is 1. The molecule has 2 aliphatic carbocycles. The number of esters is 1. The van der Waals surface area contributed by atoms with Crippen LogP contribution in [0.15, 0.2) is 18.2 Å². The molecule has 0 N–H and O–H groups in total. The van der Waals surface area contributed by atoms with Gasteiger partial charge in [-0.25, -0.2) is 9.97 Å². The van der Waals surface area contributed by atoms with Gasteiger partial charge in [0.05, 0.1) is 43.1 Å². The molecule has 1 amide bonds. The number of hydrogen-bond acceptors (Lipinski definition) is 8. The monoisotopic (exact) mass is 627 g/mol. The highest BCUT2D eigenvalue weighted by Gasteiger charge is 2.60. The van der Waals surface area contributed by atoms with Crippen LogP contribution in [0.5, 0.6) is 11.6 Å². The van der Waals surface area contributed by atoms with E-state index in [2.05, 4.69) is 9.97 Å². The van der Waals surface area contributed by atoms with Crippen LogP contribution >= 0.6 is 0 Å². The Labute approximate surface area is 262 Å². The molecule has 2 aliphatic heterocycles. The van der Waals surface area contributed by atoms with Crippen LogP contribution in [0.4, 0.5) is 8.78 Å². The fraction of sp³-hybridized carbons (Fsp3) is 0.676. The molecule has 2 bridgehead atoms. The Bertz CT molecular complexity index is 1510. The van der Waals surface area contributed by atoms with Gasteiger partial charge in [0.2, 0.25) is 11.8 Å². The molecule has 45 heavy (non-hydrogen) atoms. The summed E-state index contributed by atoms with van der Waals surface area (Å²) in [6, 6.07) is 4.01. The molecular formula is C34H43F2N3O6. The molecular weight excluding hydrogens is 584 g/mol. The van der Waals surface area contributed by atoms with Crippen molar-refractivity contribution in [3.8, 4) is 11.6 Å². The fourth-order valence-electron chi connectivity index (χ4n) is 7.53. The molecule has 244 valence electrons. The van der Waals surface area contributed by atoms with Crippen molar-refractivity contribution in [3.05, 3.63) is 23.9 Å². The predicted molar refractivity (Wildman–Crippen MR) is 161 cm³/mol. The van der Waals surface area contributed by atoms with Crippen molar-refractivity contribution in [3.63, 3.8) is 0 Å². The molecule has 9 nitrogen and oxygen atoms in total. The number of hydrogen-bond donors (Lipinski definition) is 0. The maximum Gasteiger partial charge on any atom is 0.307 e. The molecule has 1 aromatic heterocycles. The number of benzene rings is 1. The number of aromatic nitrogens is 2. The van der Waals surface area contributed by atoms with E-state index in [-0.39, 0.29) is 36.6 Å². The molecule has 0 radical (unpaired) electrons. The Morgan fingerprint density at radius 2 is 1.91 bits per heavy atom. The number of alkyl halides is 2. The second-order valence-corrected chi connectivity index (χ2v) is 14.7. The zero-order valence-electron chi connectivity index (χ0n) is 26.8. The molecule has 2 aromatic rings. The summed E-state index contributed by atoms with van der Waals surface area (Å²) in [7, 11) is 1.51. The van der Waals surface area contributed by atoms with Gasteiger partial charge in [0.25, 0.3) is 5.92 Å². The number of rotatable bonds is 3. The zero-order chi connectivity index (χ0) is 32.5. The molecule has 11 heteroatoms. The largest absolute Gasteiger partial charge is 0.497 e. The van der Waals surface area contributed by atoms with E-state index in [9.17, 15) is 14.4 Å². The lowest BCUT2D eigenvalue weighted by atomic mass is 9.77. The Kier molecular flexibility index (Phi) is 7.84. The summed E-state index contributed by atoms with van der Waals surface area (Å²) in [5, 5.41) is 0. The Balaban J connectivity index is 1.43. The third-order valence-electron chi connectivity index (χ3n) is 10.7. The number of carbonyl (C=O) groups is 3. The van der Waals surface area contributed by atoms with Crippen molar-refractivity contribution < 1.29 is 37.4 Å². The summed E-state index contributed by atoms with van der Waals surface area (Å²) in [5.41, 5.74) is -1.17. The van der Waals surface area contributed by atoms with Gasteiger partial charge in [0, 0.05) is 23.8 Å². The second-order valence-electron chi connectivity index (χ2n) is 14.7. The minimum absolute atomic E-state index is 0.0168. The molecule has 3 fully saturated rings. The number of methoxy groups -OCH3 is 1. The minimum atomic E-state index is -3.32. The first kappa shape index (κ1) is 31.6. The van der Waals surface area contributed by atoms with Gasteiger partial charge in [-0.1, -0.05) is 27.7 Å². The summed E-state index contributed by atoms with van der Waals surface area (Å²) in [6.45, 7) is 9.38. The molecule has 2 unspecified atom stereocenters. The van der Waals surface area contributed by atoms with Gasteiger partial charge < -0.3 is 23.9 Å². The summed E-state index contributed by atoms with van der Waals surface area (Å²) in [6.07, 6.45) is 2.52. The molecule has 3 heterocycles. The van der Waals surface area contributed by atoms with E-state index in [1.807, 2.05) is 34.6 Å². The van der Waals surface area contributed by atoms with Gasteiger partial charge in [0.1, 0.15) is 23.7 Å². The van der Waals surface area contributed by atoms with Gasteiger partial charge >= 0.3 is 5.97 Å². The summed E-state index contributed by atoms with van der Waals surface area (Å²) in [5.74, 6) is -6.22. The Hall–Kier alpha value is -3.37. The van der Waals surface area contributed by atoms with Crippen molar-refractivity contribution in [2.45, 2.75) is 96.8 Å². The quantitative estimate of drug-likeness (QED) is 0.314. The van der Waals surface area contributed by atoms with Crippen molar-refractivity contribution in [1.29, 1.82) is 0 Å². The summed E-state index contributed by atoms with van der Waals surface area (Å²) in [4.78, 5) is 50.4. The van der Waals surface area contributed by atoms with Gasteiger partial charge in [-0.2, -0.15) is 8.78 Å². The maximum absolute atomic E-state index is 16.4. The summed E-state index contributed by atoms with van der Waals surface area (Å²) >= 11 is 0. The van der Waals surface area contributed by atoms with Crippen LogP contribution in [0.3, 0.4) is 0 Å². The highest BCUT2D eigenvalue weighted by atomic mass is 19.3. The maximum atomic E-state index is 16.4. The van der Waals surface area contributed by atoms with Crippen LogP contribution in [0.1, 0.15) is 78.8 Å². The molecule has 8 atom stereocenters. The van der Waals surface area contributed by atoms with E-state index in [4.69, 9.17) is 14.2 Å². The third kappa shape index (κ3) is 5.76. The average Bonchev–Trinajstić information content (AvgIpc) is 3.87. The zero-order valence-corrected chi connectivity index (χ0v) is 26.8. The lowest BCUT2D eigenvalue weighted by Crippen LogP contribution is -2.46. The molecule has 6 rings (SSSR count). The van der Waals surface area contributed by atoms with Gasteiger partial charge in [-0.05, 0) is 62.5 Å². The van der Waals surface area contributed by atoms with E-state index in [1.165, 1.54) is 12.0 Å². The lowest BCUT2D eigenvalue weighted by Gasteiger charge is -2.34. The number of carbonyl (C=O) groups excluding carboxylic acids is 3. The number of halogens is 2. The average molecular weight is 628 g/mol. The summed E-state index contributed by atoms with van der Waals surface area (Å²) < 4.78 is 50.4. The van der Waals surface area contributed by atoms with Crippen molar-refractivity contribution >= 4 is 29.2 Å². The molecule has 0 spiro atoms. The topological polar surface area (TPSA) is 108 Å². The Morgan fingerprint density at radius 3 is 2.58 bits per heavy atom. The predicted octanol–water partition coefficient (Wildman–Crippen LogP) is 5.72. The minimum Gasteiger partial charge on any atom is -0.497 e. The highest BCUT2D eigenvalue weighted by molar-refractivity contribution is 5.87. The van der Waals surface area contributed by atoms with Gasteiger partial charge in [-0.3, -0.25) is 9.59 Å². The first-order valence-electron chi connectivity index (χ1n) is 16.1. The lowest BCUT2D eigenvalue weighted by molar-refractivity contribution is -0.158. The Morgan fingerprint density at radius 1 is 1.16 bits per heavy atom. The number of fused-ring (bicyclic) bond motifs is 6. The molecule has 2 saturated carbocycles. The SMILES string of the molecule is CC[C@@H]1[C@@H]2CN(C(=O)[C@H](C(C)(C)C)CC(=O)O[C@]3(C)C[C@H]3CCC3CC3C(F)(F)c3nc4ccc(OC)cc4nc3O2)[C@@H]1C=O. The normalized spacial score (nSPS) is 34.8. The van der Waals surface area contributed by atoms with Crippen LogP contribution in [0.25, 0.3) is 11.0 Å². The molecule has 4 aliphatic rings. The van der Waals surface area contributed by atoms with Crippen LogP contribution in [-0.4, -0.2) is 64.4 Å². The third-order valence-corrected chi connectivity index (χ3v) is 10.7. The first-order chi connectivity index (χ1) is 21.2. The highest BCUT2D eigenvalue weighted by Crippen LogP contribution is 2.59. The van der Waals surface area contributed by atoms with E-state index in [0.717, 1.165) is 0 Å². The van der Waals surface area contributed by atoms with Crippen LogP contribution in [0.2, 0.25) is 0 Å². The van der Waals surface area contributed by atoms with Gasteiger partial charge in [0.15, 0.2) is 5.69 Å². The standard InChI is InChI=1S/C34H43F2N3O6/c1-7-21-26(17-40)39-16-27(21)44-30-29(37-24-11-10-20(43-6)13-25(24)38-30)34(35,36)22-12-18(22)8-9-19-15-33(19,5)45-28(41)14-23(31(39)42)32(2,3)4/h10-11,13,17-19,21-23,26-27H,7-9,12,14-16H2,1-6H3/t18?,19-,21+,22?,23-,26-,27+,33-/m1/s1. The van der Waals surface area contributed by atoms with E-state index in [0.29, 0.717) is 55.2 Å². The number of nitrogens with zero attached hydrogens (tertiary/aromatic N) is 3. The van der Waals surface area contributed by atoms with E-state index >= 15 is 8.78 Å². The molecule has 1 saturated heterocycles. The van der Waals surface area contributed by atoms with Crippen molar-refractivity contribution in [2.75, 3.05) is 13.7 Å². The van der Waals surface area contributed by atoms with Crippen LogP contribution in [-0.2, 0) is 25.0 Å². The van der Waals surface area contributed by atoms with Crippen LogP contribution in [0, 0.1) is 35.0 Å². The fourth-order valence-corrected chi connectivity index (χ4v) is 7.53. The van der Waals surface area contributed by atoms with Crippen LogP contribution < -0.4 is 9.47 Å². The van der Waals surface area contributed by atoms with Gasteiger partial charge in [-0.15, -0.1) is 0 Å². The number of aldehydes is 1. The number of ether oxygens (including phenoxy) is 3. The van der Waals surface area contributed by atoms with E-state index in [1.54, 1.807) is 18.2 Å². The molecule has 1 aromatic carbocycles.